The Hall–Kier alpha value is 0.0300. The van der Waals surface area contributed by atoms with Gasteiger partial charge in [0.2, 0.25) is 0 Å². The molecule has 0 amide bonds. The molecular formula is C14H21Br2N3. The van der Waals surface area contributed by atoms with Crippen LogP contribution in [0.15, 0.2) is 21.2 Å². The van der Waals surface area contributed by atoms with Gasteiger partial charge in [0.25, 0.3) is 0 Å². The van der Waals surface area contributed by atoms with Crippen LogP contribution in [0.25, 0.3) is 0 Å². The maximum atomic E-state index is 4.42. The Morgan fingerprint density at radius 2 is 2.11 bits per heavy atom. The lowest BCUT2D eigenvalue weighted by molar-refractivity contribution is 0.190. The van der Waals surface area contributed by atoms with Gasteiger partial charge in [-0.05, 0) is 82.9 Å². The van der Waals surface area contributed by atoms with Gasteiger partial charge in [-0.25, -0.2) is 0 Å². The van der Waals surface area contributed by atoms with Crippen molar-refractivity contribution in [3.8, 4) is 0 Å². The summed E-state index contributed by atoms with van der Waals surface area (Å²) < 4.78 is 2.07. The second kappa shape index (κ2) is 7.72. The van der Waals surface area contributed by atoms with Gasteiger partial charge in [0.15, 0.2) is 0 Å². The van der Waals surface area contributed by atoms with Crippen molar-refractivity contribution < 1.29 is 0 Å². The second-order valence-electron chi connectivity index (χ2n) is 5.09. The molecule has 0 atom stereocenters. The highest BCUT2D eigenvalue weighted by Gasteiger charge is 2.17. The van der Waals surface area contributed by atoms with Gasteiger partial charge in [0.05, 0.1) is 5.69 Å². The van der Waals surface area contributed by atoms with Crippen LogP contribution >= 0.6 is 31.9 Å². The Morgan fingerprint density at radius 3 is 2.74 bits per heavy atom. The van der Waals surface area contributed by atoms with Crippen LogP contribution in [0.5, 0.6) is 0 Å². The van der Waals surface area contributed by atoms with Crippen LogP contribution in [-0.4, -0.2) is 36.1 Å². The van der Waals surface area contributed by atoms with Gasteiger partial charge in [-0.3, -0.25) is 4.98 Å². The summed E-state index contributed by atoms with van der Waals surface area (Å²) in [6.07, 6.45) is 4.48. The van der Waals surface area contributed by atoms with E-state index in [1.807, 2.05) is 12.3 Å². The normalized spacial score (nSPS) is 17.8. The fourth-order valence-electron chi connectivity index (χ4n) is 2.47. The largest absolute Gasteiger partial charge is 0.311 e. The third kappa shape index (κ3) is 4.81. The lowest BCUT2D eigenvalue weighted by atomic mass is 9.97. The highest BCUT2D eigenvalue weighted by atomic mass is 79.9. The van der Waals surface area contributed by atoms with Crippen LogP contribution in [0.2, 0.25) is 0 Å². The molecule has 0 aliphatic carbocycles. The first-order valence-corrected chi connectivity index (χ1v) is 8.50. The number of nitrogens with one attached hydrogen (secondary N) is 1. The SMILES string of the molecule is CCN1CCC(CNCc2ncc(Br)cc2Br)CC1. The summed E-state index contributed by atoms with van der Waals surface area (Å²) in [4.78, 5) is 6.95. The molecule has 106 valence electrons. The molecule has 1 aliphatic heterocycles. The van der Waals surface area contributed by atoms with Crippen molar-refractivity contribution in [2.75, 3.05) is 26.2 Å². The van der Waals surface area contributed by atoms with E-state index in [1.165, 1.54) is 32.5 Å². The van der Waals surface area contributed by atoms with Crippen molar-refractivity contribution in [2.24, 2.45) is 5.92 Å². The molecule has 2 rings (SSSR count). The van der Waals surface area contributed by atoms with Gasteiger partial charge in [-0.15, -0.1) is 0 Å². The van der Waals surface area contributed by atoms with Crippen molar-refractivity contribution in [1.29, 1.82) is 0 Å². The fraction of sp³-hybridized carbons (Fsp3) is 0.643. The van der Waals surface area contributed by atoms with Gasteiger partial charge >= 0.3 is 0 Å². The third-order valence-corrected chi connectivity index (χ3v) is 4.88. The second-order valence-corrected chi connectivity index (χ2v) is 6.86. The van der Waals surface area contributed by atoms with E-state index in [1.54, 1.807) is 0 Å². The number of likely N-dealkylation sites (tertiary alicyclic amines) is 1. The lowest BCUT2D eigenvalue weighted by Crippen LogP contribution is -2.37. The van der Waals surface area contributed by atoms with E-state index in [9.17, 15) is 0 Å². The third-order valence-electron chi connectivity index (χ3n) is 3.76. The Bertz CT molecular complexity index is 404. The van der Waals surface area contributed by atoms with E-state index >= 15 is 0 Å². The summed E-state index contributed by atoms with van der Waals surface area (Å²) in [6.45, 7) is 7.88. The van der Waals surface area contributed by atoms with Gasteiger partial charge in [0.1, 0.15) is 0 Å². The van der Waals surface area contributed by atoms with Crippen LogP contribution in [0, 0.1) is 5.92 Å². The van der Waals surface area contributed by atoms with E-state index in [0.29, 0.717) is 0 Å². The molecule has 1 saturated heterocycles. The monoisotopic (exact) mass is 389 g/mol. The molecule has 0 radical (unpaired) electrons. The standard InChI is InChI=1S/C14H21Br2N3/c1-2-19-5-3-11(4-6-19)8-17-10-14-13(16)7-12(15)9-18-14/h7,9,11,17H,2-6,8,10H2,1H3. The Balaban J connectivity index is 1.72. The average molecular weight is 391 g/mol. The summed E-state index contributed by atoms with van der Waals surface area (Å²) in [5.74, 6) is 0.817. The topological polar surface area (TPSA) is 28.2 Å². The maximum Gasteiger partial charge on any atom is 0.0684 e. The summed E-state index contributed by atoms with van der Waals surface area (Å²) in [7, 11) is 0. The minimum Gasteiger partial charge on any atom is -0.311 e. The summed E-state index contributed by atoms with van der Waals surface area (Å²) in [5.41, 5.74) is 1.08. The van der Waals surface area contributed by atoms with Crippen molar-refractivity contribution >= 4 is 31.9 Å². The number of hydrogen-bond acceptors (Lipinski definition) is 3. The molecule has 0 unspecified atom stereocenters. The molecule has 0 aromatic carbocycles. The van der Waals surface area contributed by atoms with E-state index in [0.717, 1.165) is 33.6 Å². The Labute approximate surface area is 132 Å². The van der Waals surface area contributed by atoms with E-state index in [2.05, 4.69) is 54.0 Å². The van der Waals surface area contributed by atoms with E-state index < -0.39 is 0 Å². The molecule has 19 heavy (non-hydrogen) atoms. The minimum atomic E-state index is 0.817. The first-order chi connectivity index (χ1) is 9.19. The van der Waals surface area contributed by atoms with Crippen LogP contribution in [0.3, 0.4) is 0 Å². The first-order valence-electron chi connectivity index (χ1n) is 6.92. The summed E-state index contributed by atoms with van der Waals surface area (Å²) >= 11 is 6.97. The van der Waals surface area contributed by atoms with Crippen molar-refractivity contribution in [3.05, 3.63) is 26.9 Å². The molecule has 1 aromatic rings. The number of rotatable bonds is 5. The highest BCUT2D eigenvalue weighted by molar-refractivity contribution is 9.11. The summed E-state index contributed by atoms with van der Waals surface area (Å²) in [5, 5.41) is 3.54. The van der Waals surface area contributed by atoms with Crippen molar-refractivity contribution in [1.82, 2.24) is 15.2 Å². The average Bonchev–Trinajstić information content (AvgIpc) is 2.42. The predicted molar refractivity (Wildman–Crippen MR) is 86.2 cm³/mol. The zero-order valence-corrected chi connectivity index (χ0v) is 14.5. The number of hydrogen-bond donors (Lipinski definition) is 1. The zero-order chi connectivity index (χ0) is 13.7. The van der Waals surface area contributed by atoms with Gasteiger partial charge in [0, 0.05) is 21.7 Å². The van der Waals surface area contributed by atoms with Gasteiger partial charge in [-0.2, -0.15) is 0 Å². The van der Waals surface area contributed by atoms with Crippen LogP contribution in [0.4, 0.5) is 0 Å². The smallest absolute Gasteiger partial charge is 0.0684 e. The zero-order valence-electron chi connectivity index (χ0n) is 11.3. The minimum absolute atomic E-state index is 0.817. The molecule has 0 saturated carbocycles. The lowest BCUT2D eigenvalue weighted by Gasteiger charge is -2.31. The molecule has 0 spiro atoms. The van der Waals surface area contributed by atoms with Crippen LogP contribution in [0.1, 0.15) is 25.5 Å². The van der Waals surface area contributed by atoms with Gasteiger partial charge in [-0.1, -0.05) is 6.92 Å². The molecule has 3 nitrogen and oxygen atoms in total. The summed E-state index contributed by atoms with van der Waals surface area (Å²) in [6, 6.07) is 2.05. The number of halogens is 2. The predicted octanol–water partition coefficient (Wildman–Crippen LogP) is 3.43. The number of nitrogens with zero attached hydrogens (tertiary/aromatic N) is 2. The molecule has 0 bridgehead atoms. The van der Waals surface area contributed by atoms with E-state index in [4.69, 9.17) is 0 Å². The maximum absolute atomic E-state index is 4.42. The molecule has 5 heteroatoms. The Morgan fingerprint density at radius 1 is 1.37 bits per heavy atom. The molecule has 1 aromatic heterocycles. The molecule has 1 aliphatic rings. The number of piperidine rings is 1. The fourth-order valence-corrected chi connectivity index (χ4v) is 3.60. The van der Waals surface area contributed by atoms with Crippen LogP contribution in [-0.2, 0) is 6.54 Å². The van der Waals surface area contributed by atoms with Crippen molar-refractivity contribution in [3.63, 3.8) is 0 Å². The molecule has 2 heterocycles. The molecular weight excluding hydrogens is 370 g/mol. The van der Waals surface area contributed by atoms with E-state index in [-0.39, 0.29) is 0 Å². The first kappa shape index (κ1) is 15.4. The van der Waals surface area contributed by atoms with Gasteiger partial charge < -0.3 is 10.2 Å². The van der Waals surface area contributed by atoms with Crippen LogP contribution < -0.4 is 5.32 Å². The number of aromatic nitrogens is 1. The highest BCUT2D eigenvalue weighted by Crippen LogP contribution is 2.20. The molecule has 1 fully saturated rings. The number of pyridine rings is 1. The Kier molecular flexibility index (Phi) is 6.26. The quantitative estimate of drug-likeness (QED) is 0.834. The van der Waals surface area contributed by atoms with Crippen molar-refractivity contribution in [2.45, 2.75) is 26.3 Å². The molecule has 1 N–H and O–H groups in total.